The minimum atomic E-state index is -0.0644. The van der Waals surface area contributed by atoms with E-state index in [2.05, 4.69) is 35.6 Å². The van der Waals surface area contributed by atoms with Gasteiger partial charge < -0.3 is 9.84 Å². The first-order chi connectivity index (χ1) is 9.28. The molecule has 19 heavy (non-hydrogen) atoms. The fourth-order valence-corrected chi connectivity index (χ4v) is 1.85. The summed E-state index contributed by atoms with van der Waals surface area (Å²) in [4.78, 5) is 12.6. The monoisotopic (exact) mass is 259 g/mol. The molecule has 0 aliphatic rings. The third kappa shape index (κ3) is 2.12. The topological polar surface area (TPSA) is 105 Å². The Balaban J connectivity index is 1.92. The lowest BCUT2D eigenvalue weighted by Crippen LogP contribution is -2.12. The molecule has 98 valence electrons. The van der Waals surface area contributed by atoms with Crippen molar-refractivity contribution in [2.45, 2.75) is 26.3 Å². The summed E-state index contributed by atoms with van der Waals surface area (Å²) in [5, 5.41) is 14.8. The van der Waals surface area contributed by atoms with Crippen molar-refractivity contribution < 1.29 is 4.52 Å². The lowest BCUT2D eigenvalue weighted by Gasteiger charge is -2.13. The number of hydrogen-bond donors (Lipinski definition) is 2. The highest BCUT2D eigenvalue weighted by molar-refractivity contribution is 5.85. The van der Waals surface area contributed by atoms with Gasteiger partial charge in [-0.2, -0.15) is 10.1 Å². The molecular weight excluding hydrogens is 246 g/mol. The Morgan fingerprint density at radius 3 is 3.05 bits per heavy atom. The van der Waals surface area contributed by atoms with Gasteiger partial charge in [-0.05, 0) is 6.42 Å². The number of nitrogens with one attached hydrogen (secondary N) is 2. The highest BCUT2D eigenvalue weighted by Gasteiger charge is 2.17. The summed E-state index contributed by atoms with van der Waals surface area (Å²) in [5.74, 6) is 1.87. The second-order valence-corrected chi connectivity index (χ2v) is 4.13. The zero-order valence-corrected chi connectivity index (χ0v) is 10.6. The Bertz CT molecular complexity index is 689. The Kier molecular flexibility index (Phi) is 2.82. The summed E-state index contributed by atoms with van der Waals surface area (Å²) in [6.07, 6.45) is 3.98. The minimum Gasteiger partial charge on any atom is -0.359 e. The van der Waals surface area contributed by atoms with E-state index in [4.69, 9.17) is 4.52 Å². The Morgan fingerprint density at radius 2 is 2.32 bits per heavy atom. The van der Waals surface area contributed by atoms with E-state index in [0.29, 0.717) is 23.2 Å². The van der Waals surface area contributed by atoms with Crippen LogP contribution in [0.4, 0.5) is 5.82 Å². The maximum absolute atomic E-state index is 5.01. The summed E-state index contributed by atoms with van der Waals surface area (Å²) in [6, 6.07) is -0.0644. The molecule has 2 N–H and O–H groups in total. The molecule has 0 radical (unpaired) electrons. The van der Waals surface area contributed by atoms with E-state index in [1.165, 1.54) is 6.33 Å². The third-order valence-electron chi connectivity index (χ3n) is 2.82. The van der Waals surface area contributed by atoms with E-state index in [-0.39, 0.29) is 6.04 Å². The average molecular weight is 259 g/mol. The molecule has 3 aromatic rings. The highest BCUT2D eigenvalue weighted by Crippen LogP contribution is 2.23. The largest absolute Gasteiger partial charge is 0.359 e. The molecule has 3 rings (SSSR count). The lowest BCUT2D eigenvalue weighted by atomic mass is 10.2. The normalized spacial score (nSPS) is 12.7. The first-order valence-electron chi connectivity index (χ1n) is 5.98. The molecule has 3 heterocycles. The standard InChI is InChI=1S/C11H13N7O/c1-3-8(11-15-6(2)19-18-11)16-9-7-4-14-17-10(7)13-5-12-9/h4-5,8H,3H2,1-2H3,(H2,12,13,14,16,17). The molecule has 8 nitrogen and oxygen atoms in total. The molecule has 0 aliphatic heterocycles. The molecule has 0 fully saturated rings. The van der Waals surface area contributed by atoms with Crippen LogP contribution in [0.2, 0.25) is 0 Å². The molecule has 0 saturated carbocycles. The number of fused-ring (bicyclic) bond motifs is 1. The first-order valence-corrected chi connectivity index (χ1v) is 5.98. The summed E-state index contributed by atoms with van der Waals surface area (Å²) < 4.78 is 5.01. The highest BCUT2D eigenvalue weighted by atomic mass is 16.5. The van der Waals surface area contributed by atoms with Crippen molar-refractivity contribution in [2.75, 3.05) is 5.32 Å². The van der Waals surface area contributed by atoms with Crippen molar-refractivity contribution in [1.82, 2.24) is 30.3 Å². The number of nitrogens with zero attached hydrogens (tertiary/aromatic N) is 5. The van der Waals surface area contributed by atoms with Gasteiger partial charge in [0.1, 0.15) is 12.1 Å². The molecule has 0 spiro atoms. The fourth-order valence-electron chi connectivity index (χ4n) is 1.85. The summed E-state index contributed by atoms with van der Waals surface area (Å²) in [5.41, 5.74) is 0.691. The number of aromatic nitrogens is 6. The second kappa shape index (κ2) is 4.63. The van der Waals surface area contributed by atoms with Crippen molar-refractivity contribution >= 4 is 16.9 Å². The summed E-state index contributed by atoms with van der Waals surface area (Å²) in [6.45, 7) is 3.80. The van der Waals surface area contributed by atoms with Gasteiger partial charge in [0.25, 0.3) is 0 Å². The molecular formula is C11H13N7O. The van der Waals surface area contributed by atoms with E-state index >= 15 is 0 Å². The van der Waals surface area contributed by atoms with Gasteiger partial charge in [-0.1, -0.05) is 12.1 Å². The quantitative estimate of drug-likeness (QED) is 0.733. The van der Waals surface area contributed by atoms with E-state index in [1.807, 2.05) is 6.92 Å². The molecule has 0 amide bonds. The van der Waals surface area contributed by atoms with Gasteiger partial charge in [0.15, 0.2) is 11.5 Å². The molecule has 0 aliphatic carbocycles. The van der Waals surface area contributed by atoms with Crippen molar-refractivity contribution in [3.63, 3.8) is 0 Å². The van der Waals surface area contributed by atoms with Gasteiger partial charge in [0.05, 0.1) is 17.6 Å². The number of aromatic amines is 1. The Hall–Kier alpha value is -2.51. The maximum atomic E-state index is 5.01. The molecule has 1 atom stereocenters. The predicted molar refractivity (Wildman–Crippen MR) is 67.4 cm³/mol. The van der Waals surface area contributed by atoms with Crippen molar-refractivity contribution in [2.24, 2.45) is 0 Å². The third-order valence-corrected chi connectivity index (χ3v) is 2.82. The summed E-state index contributed by atoms with van der Waals surface area (Å²) in [7, 11) is 0. The maximum Gasteiger partial charge on any atom is 0.223 e. The van der Waals surface area contributed by atoms with Crippen LogP contribution in [0.5, 0.6) is 0 Å². The van der Waals surface area contributed by atoms with E-state index in [9.17, 15) is 0 Å². The van der Waals surface area contributed by atoms with Gasteiger partial charge in [-0.25, -0.2) is 9.97 Å². The average Bonchev–Trinajstić information content (AvgIpc) is 3.04. The summed E-state index contributed by atoms with van der Waals surface area (Å²) >= 11 is 0. The van der Waals surface area contributed by atoms with Crippen molar-refractivity contribution in [1.29, 1.82) is 0 Å². The zero-order chi connectivity index (χ0) is 13.2. The molecule has 0 bridgehead atoms. The van der Waals surface area contributed by atoms with Crippen LogP contribution in [0.25, 0.3) is 11.0 Å². The van der Waals surface area contributed by atoms with Crippen LogP contribution in [-0.4, -0.2) is 30.3 Å². The van der Waals surface area contributed by atoms with Crippen LogP contribution in [0.1, 0.15) is 31.1 Å². The lowest BCUT2D eigenvalue weighted by molar-refractivity contribution is 0.384. The zero-order valence-electron chi connectivity index (χ0n) is 10.6. The first kappa shape index (κ1) is 11.6. The van der Waals surface area contributed by atoms with Gasteiger partial charge in [-0.3, -0.25) is 5.10 Å². The Morgan fingerprint density at radius 1 is 1.42 bits per heavy atom. The van der Waals surface area contributed by atoms with E-state index in [0.717, 1.165) is 11.8 Å². The van der Waals surface area contributed by atoms with Gasteiger partial charge in [-0.15, -0.1) is 0 Å². The minimum absolute atomic E-state index is 0.0644. The SMILES string of the molecule is CCC(Nc1ncnc2[nH]ncc12)c1noc(C)n1. The van der Waals surface area contributed by atoms with Crippen LogP contribution in [0.3, 0.4) is 0 Å². The number of anilines is 1. The number of H-pyrrole nitrogens is 1. The number of hydrogen-bond acceptors (Lipinski definition) is 7. The smallest absolute Gasteiger partial charge is 0.223 e. The van der Waals surface area contributed by atoms with Crippen LogP contribution >= 0.6 is 0 Å². The van der Waals surface area contributed by atoms with Crippen molar-refractivity contribution in [3.8, 4) is 0 Å². The molecule has 0 aromatic carbocycles. The Labute approximate surface area is 108 Å². The molecule has 0 saturated heterocycles. The molecule has 3 aromatic heterocycles. The van der Waals surface area contributed by atoms with Crippen molar-refractivity contribution in [3.05, 3.63) is 24.2 Å². The van der Waals surface area contributed by atoms with Crippen LogP contribution in [0, 0.1) is 6.92 Å². The van der Waals surface area contributed by atoms with E-state index in [1.54, 1.807) is 13.1 Å². The van der Waals surface area contributed by atoms with E-state index < -0.39 is 0 Å². The molecule has 8 heteroatoms. The van der Waals surface area contributed by atoms with Crippen LogP contribution in [0.15, 0.2) is 17.0 Å². The van der Waals surface area contributed by atoms with Gasteiger partial charge in [0, 0.05) is 6.92 Å². The number of rotatable bonds is 4. The number of aryl methyl sites for hydroxylation is 1. The predicted octanol–water partition coefficient (Wildman–Crippen LogP) is 1.61. The fraction of sp³-hybridized carbons (Fsp3) is 0.364. The van der Waals surface area contributed by atoms with Crippen LogP contribution in [-0.2, 0) is 0 Å². The van der Waals surface area contributed by atoms with Crippen LogP contribution < -0.4 is 5.32 Å². The second-order valence-electron chi connectivity index (χ2n) is 4.13. The van der Waals surface area contributed by atoms with Gasteiger partial charge >= 0.3 is 0 Å². The van der Waals surface area contributed by atoms with Gasteiger partial charge in [0.2, 0.25) is 5.89 Å². The molecule has 1 unspecified atom stereocenters.